The van der Waals surface area contributed by atoms with Crippen LogP contribution in [0.1, 0.15) is 50.7 Å². The molecule has 4 aromatic rings. The minimum Gasteiger partial charge on any atom is -0.508 e. The lowest BCUT2D eigenvalue weighted by atomic mass is 9.81. The van der Waals surface area contributed by atoms with Gasteiger partial charge in [0.25, 0.3) is 0 Å². The van der Waals surface area contributed by atoms with Crippen molar-refractivity contribution in [3.8, 4) is 23.0 Å². The van der Waals surface area contributed by atoms with Crippen LogP contribution in [0.2, 0.25) is 0 Å². The van der Waals surface area contributed by atoms with Gasteiger partial charge in [0.05, 0.1) is 33.5 Å². The van der Waals surface area contributed by atoms with Crippen molar-refractivity contribution >= 4 is 16.9 Å². The van der Waals surface area contributed by atoms with Crippen LogP contribution in [-0.2, 0) is 16.1 Å². The number of fused-ring (bicyclic) bond motifs is 1. The van der Waals surface area contributed by atoms with Crippen LogP contribution in [0.5, 0.6) is 23.0 Å². The Morgan fingerprint density at radius 2 is 1.65 bits per heavy atom. The number of amides is 1. The van der Waals surface area contributed by atoms with Crippen LogP contribution in [0, 0.1) is 5.92 Å². The Labute approximate surface area is 271 Å². The minimum atomic E-state index is -0.562. The summed E-state index contributed by atoms with van der Waals surface area (Å²) in [5.41, 5.74) is 1.65. The molecule has 8 heteroatoms. The quantitative estimate of drug-likeness (QED) is 0.160. The molecule has 1 aliphatic heterocycles. The molecule has 0 aromatic heterocycles. The topological polar surface area (TPSA) is 86.7 Å². The molecule has 244 valence electrons. The summed E-state index contributed by atoms with van der Waals surface area (Å²) in [6.07, 6.45) is 1.27. The van der Waals surface area contributed by atoms with Crippen molar-refractivity contribution in [3.05, 3.63) is 96.1 Å². The molecule has 0 radical (unpaired) electrons. The monoisotopic (exact) mass is 627 g/mol. The second-order valence-corrected chi connectivity index (χ2v) is 12.7. The first-order valence-corrected chi connectivity index (χ1v) is 15.9. The molecular weight excluding hydrogens is 582 g/mol. The summed E-state index contributed by atoms with van der Waals surface area (Å²) >= 11 is 0. The zero-order valence-electron chi connectivity index (χ0n) is 27.2. The van der Waals surface area contributed by atoms with Crippen LogP contribution >= 0.6 is 0 Å². The third kappa shape index (κ3) is 9.07. The number of methoxy groups -OCH3 is 1. The van der Waals surface area contributed by atoms with Crippen LogP contribution in [0.3, 0.4) is 0 Å². The van der Waals surface area contributed by atoms with Crippen LogP contribution in [0.15, 0.2) is 84.9 Å². The predicted octanol–water partition coefficient (Wildman–Crippen LogP) is 7.96. The molecule has 1 heterocycles. The van der Waals surface area contributed by atoms with Gasteiger partial charge in [-0.2, -0.15) is 0 Å². The Bertz CT molecular complexity index is 1580. The van der Waals surface area contributed by atoms with E-state index in [2.05, 4.69) is 12.1 Å². The van der Waals surface area contributed by atoms with Gasteiger partial charge in [-0.05, 0) is 91.9 Å². The molecule has 0 aliphatic carbocycles. The van der Waals surface area contributed by atoms with Crippen molar-refractivity contribution < 1.29 is 33.6 Å². The number of aromatic hydroxyl groups is 1. The van der Waals surface area contributed by atoms with E-state index >= 15 is 0 Å². The Hall–Kier alpha value is -4.43. The molecule has 4 aromatic carbocycles. The zero-order valence-corrected chi connectivity index (χ0v) is 27.2. The normalized spacial score (nSPS) is 16.7. The highest BCUT2D eigenvalue weighted by molar-refractivity contribution is 5.85. The summed E-state index contributed by atoms with van der Waals surface area (Å²) in [6.45, 7) is 8.87. The van der Waals surface area contributed by atoms with E-state index in [1.165, 1.54) is 5.56 Å². The fourth-order valence-electron chi connectivity index (χ4n) is 5.80. The molecule has 1 N–H and O–H groups in total. The maximum atomic E-state index is 13.0. The lowest BCUT2D eigenvalue weighted by Gasteiger charge is -2.39. The lowest BCUT2D eigenvalue weighted by molar-refractivity contribution is 0.0111. The molecule has 2 atom stereocenters. The van der Waals surface area contributed by atoms with E-state index in [4.69, 9.17) is 23.7 Å². The molecular formula is C38H45NO7. The average Bonchev–Trinajstić information content (AvgIpc) is 3.04. The molecule has 0 spiro atoms. The van der Waals surface area contributed by atoms with Crippen LogP contribution in [0.4, 0.5) is 4.79 Å². The van der Waals surface area contributed by atoms with Crippen molar-refractivity contribution in [2.45, 2.75) is 51.7 Å². The van der Waals surface area contributed by atoms with E-state index in [1.54, 1.807) is 24.1 Å². The second kappa shape index (κ2) is 15.2. The van der Waals surface area contributed by atoms with E-state index < -0.39 is 5.60 Å². The average molecular weight is 628 g/mol. The molecule has 1 fully saturated rings. The molecule has 0 saturated carbocycles. The number of phenolic OH excluding ortho intramolecular Hbond substituents is 1. The second-order valence-electron chi connectivity index (χ2n) is 12.7. The first kappa shape index (κ1) is 32.9. The van der Waals surface area contributed by atoms with Crippen LogP contribution in [0.25, 0.3) is 10.8 Å². The first-order chi connectivity index (χ1) is 22.2. The van der Waals surface area contributed by atoms with Crippen molar-refractivity contribution in [3.63, 3.8) is 0 Å². The van der Waals surface area contributed by atoms with Gasteiger partial charge in [0.2, 0.25) is 0 Å². The number of nitrogens with zero attached hydrogens (tertiary/aromatic N) is 1. The number of carbonyl (C=O) groups excluding carboxylic acids is 1. The van der Waals surface area contributed by atoms with Crippen molar-refractivity contribution in [2.24, 2.45) is 5.92 Å². The largest absolute Gasteiger partial charge is 0.508 e. The van der Waals surface area contributed by atoms with E-state index in [1.807, 2.05) is 81.4 Å². The smallest absolute Gasteiger partial charge is 0.410 e. The van der Waals surface area contributed by atoms with E-state index in [0.717, 1.165) is 46.4 Å². The number of phenols is 1. The number of ether oxygens (including phenoxy) is 5. The highest BCUT2D eigenvalue weighted by Gasteiger charge is 2.35. The third-order valence-corrected chi connectivity index (χ3v) is 8.11. The summed E-state index contributed by atoms with van der Waals surface area (Å²) < 4.78 is 29.2. The summed E-state index contributed by atoms with van der Waals surface area (Å²) in [5, 5.41) is 11.9. The summed E-state index contributed by atoms with van der Waals surface area (Å²) in [4.78, 5) is 14.8. The van der Waals surface area contributed by atoms with E-state index in [9.17, 15) is 9.90 Å². The van der Waals surface area contributed by atoms with Gasteiger partial charge in [0, 0.05) is 31.0 Å². The Kier molecular flexibility index (Phi) is 10.9. The van der Waals surface area contributed by atoms with Crippen molar-refractivity contribution in [2.75, 3.05) is 40.0 Å². The van der Waals surface area contributed by atoms with Gasteiger partial charge in [-0.3, -0.25) is 0 Å². The number of hydrogen-bond acceptors (Lipinski definition) is 7. The van der Waals surface area contributed by atoms with Crippen molar-refractivity contribution in [1.29, 1.82) is 0 Å². The van der Waals surface area contributed by atoms with Crippen molar-refractivity contribution in [1.82, 2.24) is 4.90 Å². The SMILES string of the molecule is COc1ccccc1COCCCOc1ccc([C@@H]2CCN(C(=O)OC(C)(C)C)C[C@@H]2COc2ccc3ccc(O)cc3c2)cc1. The Morgan fingerprint density at radius 1 is 0.891 bits per heavy atom. The van der Waals surface area contributed by atoms with Crippen LogP contribution < -0.4 is 14.2 Å². The van der Waals surface area contributed by atoms with E-state index in [0.29, 0.717) is 39.5 Å². The molecule has 1 aliphatic rings. The number of benzene rings is 4. The highest BCUT2D eigenvalue weighted by atomic mass is 16.6. The number of para-hydroxylation sites is 1. The molecule has 5 rings (SSSR count). The zero-order chi connectivity index (χ0) is 32.5. The fraction of sp³-hybridized carbons (Fsp3) is 0.395. The molecule has 0 bridgehead atoms. The maximum absolute atomic E-state index is 13.0. The maximum Gasteiger partial charge on any atom is 0.410 e. The number of piperidine rings is 1. The van der Waals surface area contributed by atoms with Crippen LogP contribution in [-0.4, -0.2) is 61.7 Å². The Morgan fingerprint density at radius 3 is 2.43 bits per heavy atom. The molecule has 0 unspecified atom stereocenters. The summed E-state index contributed by atoms with van der Waals surface area (Å²) in [5.74, 6) is 2.83. The number of rotatable bonds is 12. The summed E-state index contributed by atoms with van der Waals surface area (Å²) in [7, 11) is 1.67. The van der Waals surface area contributed by atoms with Gasteiger partial charge in [-0.15, -0.1) is 0 Å². The van der Waals surface area contributed by atoms with Gasteiger partial charge < -0.3 is 33.7 Å². The van der Waals surface area contributed by atoms with Gasteiger partial charge in [0.15, 0.2) is 0 Å². The minimum absolute atomic E-state index is 0.0493. The van der Waals surface area contributed by atoms with E-state index in [-0.39, 0.29) is 23.7 Å². The van der Waals surface area contributed by atoms with Gasteiger partial charge in [-0.1, -0.05) is 42.5 Å². The first-order valence-electron chi connectivity index (χ1n) is 15.9. The number of carbonyl (C=O) groups is 1. The van der Waals surface area contributed by atoms with Gasteiger partial charge in [0.1, 0.15) is 28.6 Å². The Balaban J connectivity index is 1.18. The number of hydrogen-bond donors (Lipinski definition) is 1. The molecule has 1 saturated heterocycles. The molecule has 46 heavy (non-hydrogen) atoms. The summed E-state index contributed by atoms with van der Waals surface area (Å²) in [6, 6.07) is 27.3. The van der Waals surface area contributed by atoms with Gasteiger partial charge in [-0.25, -0.2) is 4.79 Å². The molecule has 1 amide bonds. The number of likely N-dealkylation sites (tertiary alicyclic amines) is 1. The third-order valence-electron chi connectivity index (χ3n) is 8.11. The van der Waals surface area contributed by atoms with Gasteiger partial charge >= 0.3 is 6.09 Å². The standard InChI is InChI=1S/C38H45NO7/c1-38(2,3)46-37(41)39-19-18-35(31(24-39)26-45-34-17-11-27-10-14-32(40)22-30(27)23-34)28-12-15-33(16-13-28)44-21-7-20-43-25-29-8-5-6-9-36(29)42-4/h5-6,8-17,22-23,31,35,40H,7,18-21,24-26H2,1-4H3/t31-,35+/m1/s1. The fourth-order valence-corrected chi connectivity index (χ4v) is 5.80. The molecule has 8 nitrogen and oxygen atoms in total. The predicted molar refractivity (Wildman–Crippen MR) is 179 cm³/mol. The highest BCUT2D eigenvalue weighted by Crippen LogP contribution is 2.35. The lowest BCUT2D eigenvalue weighted by Crippen LogP contribution is -2.46.